The molecule has 0 aromatic heterocycles. The van der Waals surface area contributed by atoms with Crippen LogP contribution >= 0.6 is 0 Å². The maximum atomic E-state index is 12.7. The van der Waals surface area contributed by atoms with Gasteiger partial charge in [-0.2, -0.15) is 0 Å². The smallest absolute Gasteiger partial charge is 0.731 e. The second-order valence-corrected chi connectivity index (χ2v) is 8.96. The minimum Gasteiger partial charge on any atom is -0.731 e. The van der Waals surface area contributed by atoms with E-state index < -0.39 is 52.0 Å². The second kappa shape index (κ2) is 13.1. The van der Waals surface area contributed by atoms with Crippen molar-refractivity contribution in [3.63, 3.8) is 0 Å². The number of amides is 3. The molecule has 3 amide bonds. The van der Waals surface area contributed by atoms with Gasteiger partial charge in [0.25, 0.3) is 11.8 Å². The fourth-order valence-corrected chi connectivity index (χ4v) is 4.14. The van der Waals surface area contributed by atoms with Crippen molar-refractivity contribution in [2.45, 2.75) is 32.2 Å². The molecule has 0 spiro atoms. The first-order chi connectivity index (χ1) is 17.0. The van der Waals surface area contributed by atoms with Crippen LogP contribution in [0.2, 0.25) is 0 Å². The van der Waals surface area contributed by atoms with Gasteiger partial charge in [-0.25, -0.2) is 22.4 Å². The van der Waals surface area contributed by atoms with E-state index in [2.05, 4.69) is 5.32 Å². The Morgan fingerprint density at radius 3 is 2.08 bits per heavy atom. The number of carbonyl (C=O) groups excluding carboxylic acids is 4. The molecular formula is C22H22N3NaO10S. The van der Waals surface area contributed by atoms with Crippen molar-refractivity contribution in [1.82, 2.24) is 14.8 Å². The predicted octanol–water partition coefficient (Wildman–Crippen LogP) is -3.12. The van der Waals surface area contributed by atoms with Crippen LogP contribution in [-0.4, -0.2) is 63.5 Å². The molecule has 2 N–H and O–H groups in total. The van der Waals surface area contributed by atoms with Crippen LogP contribution in [0.15, 0.2) is 60.7 Å². The summed E-state index contributed by atoms with van der Waals surface area (Å²) in [6, 6.07) is 13.4. The number of hydrogen-bond acceptors (Lipinski definition) is 10. The Labute approximate surface area is 234 Å². The van der Waals surface area contributed by atoms with Crippen LogP contribution in [0.5, 0.6) is 0 Å². The van der Waals surface area contributed by atoms with E-state index in [1.54, 1.807) is 60.7 Å². The number of ether oxygens (including phenoxy) is 1. The average molecular weight is 543 g/mol. The number of rotatable bonds is 10. The zero-order valence-corrected chi connectivity index (χ0v) is 22.7. The molecule has 1 unspecified atom stereocenters. The molecule has 1 aliphatic rings. The maximum Gasteiger partial charge on any atom is 1.00 e. The Hall–Kier alpha value is -2.85. The molecule has 1 aliphatic heterocycles. The first-order valence-electron chi connectivity index (χ1n) is 10.5. The van der Waals surface area contributed by atoms with Crippen molar-refractivity contribution in [2.75, 3.05) is 0 Å². The van der Waals surface area contributed by atoms with Gasteiger partial charge >= 0.3 is 35.5 Å². The third-order valence-electron chi connectivity index (χ3n) is 5.15. The largest absolute Gasteiger partial charge is 1.00 e. The van der Waals surface area contributed by atoms with Crippen LogP contribution in [0, 0.1) is 5.92 Å². The third kappa shape index (κ3) is 7.58. The number of hydroxylamine groups is 2. The van der Waals surface area contributed by atoms with Gasteiger partial charge in [0.2, 0.25) is 5.91 Å². The van der Waals surface area contributed by atoms with Gasteiger partial charge in [0, 0.05) is 0 Å². The van der Waals surface area contributed by atoms with Gasteiger partial charge in [-0.1, -0.05) is 65.9 Å². The van der Waals surface area contributed by atoms with Gasteiger partial charge < -0.3 is 14.6 Å². The van der Waals surface area contributed by atoms with E-state index in [0.29, 0.717) is 11.1 Å². The maximum absolute atomic E-state index is 12.7. The van der Waals surface area contributed by atoms with Crippen molar-refractivity contribution in [1.29, 1.82) is 0 Å². The molecule has 3 atom stereocenters. The number of nitrogens with one attached hydrogen (secondary N) is 1. The molecule has 0 saturated carbocycles. The van der Waals surface area contributed by atoms with Crippen LogP contribution in [0.1, 0.15) is 18.1 Å². The van der Waals surface area contributed by atoms with Crippen molar-refractivity contribution in [3.05, 3.63) is 71.8 Å². The zero-order chi connectivity index (χ0) is 26.5. The Kier molecular flexibility index (Phi) is 10.8. The second-order valence-electron chi connectivity index (χ2n) is 7.71. The summed E-state index contributed by atoms with van der Waals surface area (Å²) in [4.78, 5) is 54.7. The van der Waals surface area contributed by atoms with Gasteiger partial charge in [-0.15, -0.1) is 0 Å². The van der Waals surface area contributed by atoms with E-state index in [1.807, 2.05) is 0 Å². The quantitative estimate of drug-likeness (QED) is 0.0591. The number of esters is 1. The molecular weight excluding hydrogens is 521 g/mol. The summed E-state index contributed by atoms with van der Waals surface area (Å²) in [5, 5.41) is 11.7. The summed E-state index contributed by atoms with van der Waals surface area (Å²) in [6.45, 7) is 0.816. The summed E-state index contributed by atoms with van der Waals surface area (Å²) < 4.78 is 39.3. The number of benzene rings is 2. The molecule has 1 heterocycles. The molecule has 0 bridgehead atoms. The van der Waals surface area contributed by atoms with E-state index >= 15 is 0 Å². The molecule has 192 valence electrons. The first kappa shape index (κ1) is 30.4. The Bertz CT molecular complexity index is 1230. The third-order valence-corrected chi connectivity index (χ3v) is 6.04. The zero-order valence-electron chi connectivity index (χ0n) is 19.8. The summed E-state index contributed by atoms with van der Waals surface area (Å²) in [5.41, 5.74) is 1.21. The summed E-state index contributed by atoms with van der Waals surface area (Å²) in [5.74, 6) is -7.28. The first-order valence-corrected chi connectivity index (χ1v) is 11.9. The molecule has 2 aromatic rings. The molecule has 3 rings (SSSR count). The number of hydrogen-bond donors (Lipinski definition) is 2. The van der Waals surface area contributed by atoms with Crippen molar-refractivity contribution < 1.29 is 76.5 Å². The van der Waals surface area contributed by atoms with Crippen LogP contribution < -0.4 is 34.9 Å². The topological polar surface area (TPSA) is 183 Å². The fraction of sp³-hybridized carbons (Fsp3) is 0.273. The normalized spacial score (nSPS) is 17.6. The minimum absolute atomic E-state index is 0. The number of carbonyl (C=O) groups is 4. The van der Waals surface area contributed by atoms with E-state index in [-0.39, 0.29) is 52.3 Å². The molecule has 15 heteroatoms. The number of β-lactam (4-membered cyclic amide) rings is 1. The van der Waals surface area contributed by atoms with Gasteiger partial charge in [0.15, 0.2) is 16.2 Å². The minimum atomic E-state index is -5.50. The molecule has 1 saturated heterocycles. The van der Waals surface area contributed by atoms with Gasteiger partial charge in [0.1, 0.15) is 25.3 Å². The summed E-state index contributed by atoms with van der Waals surface area (Å²) in [7, 11) is -5.50. The van der Waals surface area contributed by atoms with Gasteiger partial charge in [0.05, 0.1) is 0 Å². The molecule has 0 radical (unpaired) electrons. The molecule has 13 nitrogen and oxygen atoms in total. The Morgan fingerprint density at radius 2 is 1.57 bits per heavy atom. The Morgan fingerprint density at radius 1 is 1.05 bits per heavy atom. The number of nitrogens with zero attached hydrogens (tertiary/aromatic N) is 2. The van der Waals surface area contributed by atoms with Crippen LogP contribution in [-0.2, 0) is 52.3 Å². The van der Waals surface area contributed by atoms with Crippen molar-refractivity contribution in [2.24, 2.45) is 5.92 Å². The van der Waals surface area contributed by atoms with Crippen LogP contribution in [0.4, 0.5) is 0 Å². The van der Waals surface area contributed by atoms with E-state index in [4.69, 9.17) is 9.57 Å². The van der Waals surface area contributed by atoms with E-state index in [0.717, 1.165) is 0 Å². The SMILES string of the molecule is CC(NC(=O)[C@H]1[C@@H](C(=O)N(O)OCc2ccccc2)C(=O)N1S(=O)(=O)[O-])C(=O)OCc1ccccc1.[Na+]. The van der Waals surface area contributed by atoms with E-state index in [9.17, 15) is 37.4 Å². The van der Waals surface area contributed by atoms with Crippen LogP contribution in [0.25, 0.3) is 0 Å². The van der Waals surface area contributed by atoms with E-state index in [1.165, 1.54) is 6.92 Å². The Balaban J connectivity index is 0.00000481. The predicted molar refractivity (Wildman–Crippen MR) is 118 cm³/mol. The summed E-state index contributed by atoms with van der Waals surface area (Å²) in [6.07, 6.45) is 0. The molecule has 37 heavy (non-hydrogen) atoms. The van der Waals surface area contributed by atoms with Crippen LogP contribution in [0.3, 0.4) is 0 Å². The van der Waals surface area contributed by atoms with Crippen molar-refractivity contribution in [3.8, 4) is 0 Å². The molecule has 1 fully saturated rings. The fourth-order valence-electron chi connectivity index (χ4n) is 3.31. The average Bonchev–Trinajstić information content (AvgIpc) is 2.84. The monoisotopic (exact) mass is 543 g/mol. The standard InChI is InChI=1S/C22H23N3O10S.Na/c1-14(22(29)34-12-15-8-4-2-5-9-15)23-19(26)18-17(20(27)24(18)36(31,32)33)21(28)25(30)35-13-16-10-6-3-7-11-16;/h2-11,14,17-18,30H,12-13H2,1H3,(H,23,26)(H,31,32,33);/q;+1/p-1/t14?,17-,18-;/m1./s1. The van der Waals surface area contributed by atoms with Crippen molar-refractivity contribution >= 4 is 34.0 Å². The van der Waals surface area contributed by atoms with Gasteiger partial charge in [-0.3, -0.25) is 19.6 Å². The van der Waals surface area contributed by atoms with Gasteiger partial charge in [-0.05, 0) is 18.1 Å². The summed E-state index contributed by atoms with van der Waals surface area (Å²) >= 11 is 0. The molecule has 0 aliphatic carbocycles. The molecule has 2 aromatic carbocycles.